The summed E-state index contributed by atoms with van der Waals surface area (Å²) in [5.74, 6) is -0.280. The Hall–Kier alpha value is -3.33. The molecule has 1 fully saturated rings. The fourth-order valence-corrected chi connectivity index (χ4v) is 3.67. The van der Waals surface area contributed by atoms with E-state index in [9.17, 15) is 14.4 Å². The van der Waals surface area contributed by atoms with Gasteiger partial charge in [-0.1, -0.05) is 0 Å². The molecule has 0 saturated carbocycles. The van der Waals surface area contributed by atoms with Gasteiger partial charge in [-0.15, -0.1) is 0 Å². The van der Waals surface area contributed by atoms with Gasteiger partial charge in [-0.3, -0.25) is 24.1 Å². The van der Waals surface area contributed by atoms with E-state index in [1.165, 1.54) is 11.6 Å². The maximum absolute atomic E-state index is 13.1. The van der Waals surface area contributed by atoms with Crippen molar-refractivity contribution in [2.45, 2.75) is 19.4 Å². The normalized spacial score (nSPS) is 18.8. The molecule has 0 aliphatic carbocycles. The van der Waals surface area contributed by atoms with Crippen molar-refractivity contribution >= 4 is 16.9 Å². The molecule has 9 heteroatoms. The zero-order valence-electron chi connectivity index (χ0n) is 16.1. The number of ether oxygens (including phenoxy) is 1. The summed E-state index contributed by atoms with van der Waals surface area (Å²) in [4.78, 5) is 47.9. The van der Waals surface area contributed by atoms with E-state index in [0.717, 1.165) is 12.0 Å². The Balaban J connectivity index is 1.65. The molecule has 0 aromatic carbocycles. The second-order valence-corrected chi connectivity index (χ2v) is 7.27. The highest BCUT2D eigenvalue weighted by Crippen LogP contribution is 2.20. The van der Waals surface area contributed by atoms with E-state index < -0.39 is 11.2 Å². The van der Waals surface area contributed by atoms with Gasteiger partial charge < -0.3 is 10.1 Å². The van der Waals surface area contributed by atoms with Gasteiger partial charge in [0.25, 0.3) is 11.5 Å². The fourth-order valence-electron chi connectivity index (χ4n) is 3.67. The van der Waals surface area contributed by atoms with Crippen LogP contribution in [0.15, 0.2) is 40.2 Å². The minimum Gasteiger partial charge on any atom is -0.379 e. The van der Waals surface area contributed by atoms with Crippen molar-refractivity contribution in [1.29, 1.82) is 0 Å². The van der Waals surface area contributed by atoms with E-state index >= 15 is 0 Å². The van der Waals surface area contributed by atoms with Crippen molar-refractivity contribution < 1.29 is 9.53 Å². The standard InChI is InChI=1S/C20H21N5O4/c1-11-7-14(16-17(22-11)25(2)20(28)24-19(16)27)18(26)23-15-10-29-9-13(15)8-12-3-5-21-6-4-12/h3-7,13,15H,8-10H2,1-2H3,(H,23,26)(H,24,27,28)/t13-,15-/m1/s1. The molecular weight excluding hydrogens is 374 g/mol. The van der Waals surface area contributed by atoms with Crippen molar-refractivity contribution in [3.8, 4) is 0 Å². The number of aromatic amines is 1. The summed E-state index contributed by atoms with van der Waals surface area (Å²) in [5, 5.41) is 3.10. The number of nitrogens with zero attached hydrogens (tertiary/aromatic N) is 3. The number of nitrogens with one attached hydrogen (secondary N) is 2. The molecule has 0 unspecified atom stereocenters. The number of pyridine rings is 2. The first-order valence-electron chi connectivity index (χ1n) is 9.32. The van der Waals surface area contributed by atoms with Crippen LogP contribution in [0.1, 0.15) is 21.6 Å². The summed E-state index contributed by atoms with van der Waals surface area (Å²) in [6.07, 6.45) is 4.22. The molecule has 29 heavy (non-hydrogen) atoms. The topological polar surface area (TPSA) is 119 Å². The summed E-state index contributed by atoms with van der Waals surface area (Å²) >= 11 is 0. The van der Waals surface area contributed by atoms with Crippen LogP contribution in [-0.4, -0.2) is 44.7 Å². The molecule has 2 atom stereocenters. The predicted octanol–water partition coefficient (Wildman–Crippen LogP) is 0.313. The molecule has 2 N–H and O–H groups in total. The molecule has 0 radical (unpaired) electrons. The van der Waals surface area contributed by atoms with Gasteiger partial charge in [0, 0.05) is 31.1 Å². The van der Waals surface area contributed by atoms with Gasteiger partial charge in [-0.05, 0) is 37.1 Å². The number of hydrogen-bond donors (Lipinski definition) is 2. The lowest BCUT2D eigenvalue weighted by atomic mass is 9.95. The van der Waals surface area contributed by atoms with Crippen LogP contribution in [-0.2, 0) is 18.2 Å². The van der Waals surface area contributed by atoms with Crippen molar-refractivity contribution in [3.05, 3.63) is 68.3 Å². The number of aromatic nitrogens is 4. The summed E-state index contributed by atoms with van der Waals surface area (Å²) in [7, 11) is 1.50. The molecule has 0 bridgehead atoms. The fraction of sp³-hybridized carbons (Fsp3) is 0.350. The minimum atomic E-state index is -0.628. The van der Waals surface area contributed by atoms with Crippen LogP contribution in [0.25, 0.3) is 11.0 Å². The van der Waals surface area contributed by atoms with E-state index in [-0.39, 0.29) is 34.5 Å². The van der Waals surface area contributed by atoms with Crippen LogP contribution in [0.2, 0.25) is 0 Å². The Labute approximate surface area is 165 Å². The Kier molecular flexibility index (Phi) is 4.98. The molecule has 1 aliphatic rings. The highest BCUT2D eigenvalue weighted by molar-refractivity contribution is 6.05. The number of hydrogen-bond acceptors (Lipinski definition) is 6. The number of carbonyl (C=O) groups is 1. The van der Waals surface area contributed by atoms with Gasteiger partial charge in [0.15, 0.2) is 0 Å². The lowest BCUT2D eigenvalue weighted by Gasteiger charge is -2.20. The SMILES string of the molecule is Cc1cc(C(=O)N[C@@H]2COC[C@H]2Cc2ccncc2)c2c(=O)[nH]c(=O)n(C)c2n1. The third-order valence-corrected chi connectivity index (χ3v) is 5.21. The van der Waals surface area contributed by atoms with Gasteiger partial charge in [-0.2, -0.15) is 0 Å². The van der Waals surface area contributed by atoms with Gasteiger partial charge in [-0.25, -0.2) is 9.78 Å². The van der Waals surface area contributed by atoms with Crippen LogP contribution in [0.5, 0.6) is 0 Å². The van der Waals surface area contributed by atoms with Crippen molar-refractivity contribution in [2.75, 3.05) is 13.2 Å². The molecule has 1 saturated heterocycles. The Morgan fingerprint density at radius 2 is 2.07 bits per heavy atom. The first kappa shape index (κ1) is 19.0. The number of aryl methyl sites for hydroxylation is 2. The Morgan fingerprint density at radius 3 is 2.83 bits per heavy atom. The van der Waals surface area contributed by atoms with Crippen LogP contribution in [0, 0.1) is 12.8 Å². The maximum atomic E-state index is 13.1. The second kappa shape index (κ2) is 7.59. The average Bonchev–Trinajstić information content (AvgIpc) is 3.12. The molecule has 3 aromatic heterocycles. The number of fused-ring (bicyclic) bond motifs is 1. The third kappa shape index (κ3) is 3.68. The number of amides is 1. The van der Waals surface area contributed by atoms with Gasteiger partial charge in [0.2, 0.25) is 0 Å². The molecule has 150 valence electrons. The number of carbonyl (C=O) groups excluding carboxylic acids is 1. The Morgan fingerprint density at radius 1 is 1.31 bits per heavy atom. The summed E-state index contributed by atoms with van der Waals surface area (Å²) < 4.78 is 6.82. The summed E-state index contributed by atoms with van der Waals surface area (Å²) in [6, 6.07) is 5.25. The molecule has 4 heterocycles. The monoisotopic (exact) mass is 395 g/mol. The van der Waals surface area contributed by atoms with Crippen molar-refractivity contribution in [3.63, 3.8) is 0 Å². The molecule has 1 amide bonds. The number of rotatable bonds is 4. The van der Waals surface area contributed by atoms with Crippen LogP contribution >= 0.6 is 0 Å². The van der Waals surface area contributed by atoms with Gasteiger partial charge >= 0.3 is 5.69 Å². The highest BCUT2D eigenvalue weighted by atomic mass is 16.5. The molecule has 9 nitrogen and oxygen atoms in total. The van der Waals surface area contributed by atoms with E-state index in [1.807, 2.05) is 12.1 Å². The first-order valence-corrected chi connectivity index (χ1v) is 9.32. The van der Waals surface area contributed by atoms with Crippen molar-refractivity contribution in [2.24, 2.45) is 13.0 Å². The largest absolute Gasteiger partial charge is 0.379 e. The third-order valence-electron chi connectivity index (χ3n) is 5.21. The van der Waals surface area contributed by atoms with Gasteiger partial charge in [0.1, 0.15) is 5.65 Å². The highest BCUT2D eigenvalue weighted by Gasteiger charge is 2.30. The molecule has 4 rings (SSSR count). The summed E-state index contributed by atoms with van der Waals surface area (Å²) in [5.41, 5.74) is 0.829. The maximum Gasteiger partial charge on any atom is 0.329 e. The molecule has 0 spiro atoms. The second-order valence-electron chi connectivity index (χ2n) is 7.27. The lowest BCUT2D eigenvalue weighted by molar-refractivity contribution is 0.0926. The molecule has 3 aromatic rings. The van der Waals surface area contributed by atoms with Crippen LogP contribution in [0.4, 0.5) is 0 Å². The predicted molar refractivity (Wildman–Crippen MR) is 106 cm³/mol. The zero-order valence-corrected chi connectivity index (χ0v) is 16.1. The molecule has 1 aliphatic heterocycles. The summed E-state index contributed by atoms with van der Waals surface area (Å²) in [6.45, 7) is 2.66. The van der Waals surface area contributed by atoms with Gasteiger partial charge in [0.05, 0.1) is 30.2 Å². The van der Waals surface area contributed by atoms with Crippen LogP contribution < -0.4 is 16.6 Å². The average molecular weight is 395 g/mol. The van der Waals surface area contributed by atoms with E-state index in [1.54, 1.807) is 25.4 Å². The van der Waals surface area contributed by atoms with E-state index in [0.29, 0.717) is 18.9 Å². The molecular formula is C20H21N5O4. The minimum absolute atomic E-state index is 0.0970. The zero-order chi connectivity index (χ0) is 20.5. The smallest absolute Gasteiger partial charge is 0.329 e. The first-order chi connectivity index (χ1) is 13.9. The van der Waals surface area contributed by atoms with E-state index in [2.05, 4.69) is 20.3 Å². The quantitative estimate of drug-likeness (QED) is 0.656. The number of H-pyrrole nitrogens is 1. The Bertz CT molecular complexity index is 1190. The lowest BCUT2D eigenvalue weighted by Crippen LogP contribution is -2.41. The van der Waals surface area contributed by atoms with Crippen molar-refractivity contribution in [1.82, 2.24) is 24.8 Å². The van der Waals surface area contributed by atoms with Crippen LogP contribution in [0.3, 0.4) is 0 Å². The van der Waals surface area contributed by atoms with E-state index in [4.69, 9.17) is 4.74 Å².